The molecule has 3 unspecified atom stereocenters. The summed E-state index contributed by atoms with van der Waals surface area (Å²) in [6, 6.07) is 5.89. The van der Waals surface area contributed by atoms with Gasteiger partial charge in [0.15, 0.2) is 5.96 Å². The molecule has 1 saturated carbocycles. The molecule has 1 aliphatic carbocycles. The molecule has 1 aromatic carbocycles. The van der Waals surface area contributed by atoms with Gasteiger partial charge in [-0.15, -0.1) is 0 Å². The first-order valence-electron chi connectivity index (χ1n) is 14.0. The van der Waals surface area contributed by atoms with Gasteiger partial charge in [-0.25, -0.2) is 19.6 Å². The van der Waals surface area contributed by atoms with Crippen LogP contribution in [0.2, 0.25) is 0 Å². The van der Waals surface area contributed by atoms with Crippen molar-refractivity contribution >= 4 is 46.4 Å². The van der Waals surface area contributed by atoms with E-state index >= 15 is 0 Å². The fraction of sp³-hybridized carbons (Fsp3) is 0.519. The summed E-state index contributed by atoms with van der Waals surface area (Å²) in [5.41, 5.74) is 7.38. The molecule has 2 amide bonds. The summed E-state index contributed by atoms with van der Waals surface area (Å²) in [6.07, 6.45) is -5.50. The maximum atomic E-state index is 13.2. The molecule has 2 aromatic rings. The third-order valence-electron chi connectivity index (χ3n) is 6.84. The Hall–Kier alpha value is -4.91. The maximum Gasteiger partial charge on any atom is 0.490 e. The fourth-order valence-electron chi connectivity index (χ4n) is 4.79. The number of nitrogens with zero attached hydrogens (tertiary/aromatic N) is 3. The fourth-order valence-corrected chi connectivity index (χ4v) is 4.79. The molecule has 0 spiro atoms. The van der Waals surface area contributed by atoms with Crippen LogP contribution in [0.5, 0.6) is 0 Å². The summed E-state index contributed by atoms with van der Waals surface area (Å²) < 4.78 is 63.5. The number of benzene rings is 1. The highest BCUT2D eigenvalue weighted by molar-refractivity contribution is 5.97. The van der Waals surface area contributed by atoms with Gasteiger partial charge in [-0.05, 0) is 38.3 Å². The number of likely N-dealkylation sites (tertiary alicyclic amines) is 1. The normalized spacial score (nSPS) is 19.3. The van der Waals surface area contributed by atoms with Crippen molar-refractivity contribution in [1.29, 1.82) is 5.41 Å². The molecule has 20 heteroatoms. The summed E-state index contributed by atoms with van der Waals surface area (Å²) in [5.74, 6) is -5.14. The lowest BCUT2D eigenvalue weighted by atomic mass is 9.90. The molecule has 0 bridgehead atoms. The number of hydrogen-bond donors (Lipinski definition) is 7. The number of guanidine groups is 1. The van der Waals surface area contributed by atoms with E-state index in [0.29, 0.717) is 30.8 Å². The van der Waals surface area contributed by atoms with E-state index in [1.807, 2.05) is 25.1 Å². The maximum absolute atomic E-state index is 13.2. The van der Waals surface area contributed by atoms with Crippen molar-refractivity contribution in [2.45, 2.75) is 76.4 Å². The summed E-state index contributed by atoms with van der Waals surface area (Å²) >= 11 is 0. The molecule has 3 atom stereocenters. The highest BCUT2D eigenvalue weighted by Gasteiger charge is 2.39. The monoisotopic (exact) mass is 680 g/mol. The molecule has 2 fully saturated rings. The van der Waals surface area contributed by atoms with Gasteiger partial charge < -0.3 is 36.8 Å². The first-order valence-corrected chi connectivity index (χ1v) is 14.0. The van der Waals surface area contributed by atoms with Crippen molar-refractivity contribution in [2.75, 3.05) is 18.4 Å². The Labute approximate surface area is 263 Å². The van der Waals surface area contributed by atoms with E-state index in [1.54, 1.807) is 4.90 Å². The van der Waals surface area contributed by atoms with Gasteiger partial charge in [-0.2, -0.15) is 26.3 Å². The van der Waals surface area contributed by atoms with Crippen LogP contribution in [0.3, 0.4) is 0 Å². The number of carboxylic acid groups (broad SMARTS) is 2. The minimum absolute atomic E-state index is 0.0159. The van der Waals surface area contributed by atoms with Gasteiger partial charge in [-0.1, -0.05) is 24.5 Å². The third kappa shape index (κ3) is 12.1. The van der Waals surface area contributed by atoms with Gasteiger partial charge in [0, 0.05) is 43.5 Å². The lowest BCUT2D eigenvalue weighted by molar-refractivity contribution is -0.193. The zero-order valence-corrected chi connectivity index (χ0v) is 25.1. The second-order valence-electron chi connectivity index (χ2n) is 10.7. The predicted octanol–water partition coefficient (Wildman–Crippen LogP) is 2.76. The van der Waals surface area contributed by atoms with Crippen LogP contribution in [0, 0.1) is 12.3 Å². The van der Waals surface area contributed by atoms with Crippen LogP contribution in [0.4, 0.5) is 32.2 Å². The lowest BCUT2D eigenvalue weighted by Gasteiger charge is -2.33. The summed E-state index contributed by atoms with van der Waals surface area (Å²) in [6.45, 7) is 4.49. The average Bonchev–Trinajstić information content (AvgIpc) is 3.41. The molecule has 2 aliphatic rings. The molecule has 1 aliphatic heterocycles. The minimum atomic E-state index is -5.08. The molecule has 14 nitrogen and oxygen atoms in total. The summed E-state index contributed by atoms with van der Waals surface area (Å²) in [7, 11) is 0. The Morgan fingerprint density at radius 2 is 1.49 bits per heavy atom. The van der Waals surface area contributed by atoms with Gasteiger partial charge in [0.2, 0.25) is 11.7 Å². The summed E-state index contributed by atoms with van der Waals surface area (Å²) in [5, 5.41) is 32.2. The number of hydrogen-bond acceptors (Lipinski definition) is 8. The first-order chi connectivity index (χ1) is 21.7. The van der Waals surface area contributed by atoms with E-state index in [9.17, 15) is 35.9 Å². The van der Waals surface area contributed by atoms with E-state index in [0.717, 1.165) is 36.6 Å². The molecule has 2 heterocycles. The number of amides is 2. The average molecular weight is 681 g/mol. The lowest BCUT2D eigenvalue weighted by Crippen LogP contribution is -2.50. The molecular formula is C27H34F6N8O6. The van der Waals surface area contributed by atoms with Gasteiger partial charge >= 0.3 is 24.3 Å². The topological polar surface area (TPSA) is 224 Å². The van der Waals surface area contributed by atoms with Crippen LogP contribution in [0.1, 0.15) is 55.2 Å². The number of anilines is 1. The van der Waals surface area contributed by atoms with Gasteiger partial charge in [0.25, 0.3) is 5.91 Å². The number of aliphatic carboxylic acids is 2. The quantitative estimate of drug-likeness (QED) is 0.138. The van der Waals surface area contributed by atoms with Crippen LogP contribution in [0.25, 0.3) is 10.9 Å². The molecule has 1 aromatic heterocycles. The largest absolute Gasteiger partial charge is 0.490 e. The van der Waals surface area contributed by atoms with Gasteiger partial charge in [0.05, 0.1) is 5.52 Å². The second-order valence-corrected chi connectivity index (χ2v) is 10.7. The van der Waals surface area contributed by atoms with Crippen molar-refractivity contribution in [2.24, 2.45) is 5.73 Å². The van der Waals surface area contributed by atoms with Crippen molar-refractivity contribution in [3.8, 4) is 0 Å². The van der Waals surface area contributed by atoms with Crippen LogP contribution < -0.4 is 21.7 Å². The Morgan fingerprint density at radius 3 is 2.00 bits per heavy atom. The molecule has 1 saturated heterocycles. The number of nitrogens with one attached hydrogen (secondary N) is 4. The Balaban J connectivity index is 0.000000459. The SMILES string of the molecule is CC(=O)NC1CCN(C(=O)c2nc(NC3CCCCC3NC(=N)N)c3cc(C)ccc3n2)C1.O=C(O)C(F)(F)F.O=C(O)C(F)(F)F. The smallest absolute Gasteiger partial charge is 0.475 e. The number of aromatic nitrogens is 2. The number of carboxylic acids is 2. The number of alkyl halides is 6. The van der Waals surface area contributed by atoms with E-state index < -0.39 is 24.3 Å². The first kappa shape index (κ1) is 38.3. The standard InChI is InChI=1S/C23H32N8O2.2C2HF3O2/c1-13-7-8-17-16(11-13)20(28-18-5-3-4-6-19(18)29-23(24)25)30-21(27-17)22(33)31-10-9-15(12-31)26-14(2)32;2*3-2(4,5)1(6)7/h7-8,11,15,18-19H,3-6,9-10,12H2,1-2H3,(H,26,32)(H4,24,25,29)(H,27,28,30);2*(H,6,7). The molecule has 0 radical (unpaired) electrons. The third-order valence-corrected chi connectivity index (χ3v) is 6.84. The molecule has 47 heavy (non-hydrogen) atoms. The van der Waals surface area contributed by atoms with E-state index in [-0.39, 0.29) is 41.7 Å². The zero-order chi connectivity index (χ0) is 35.7. The van der Waals surface area contributed by atoms with E-state index in [2.05, 4.69) is 25.9 Å². The Morgan fingerprint density at radius 1 is 0.936 bits per heavy atom. The van der Waals surface area contributed by atoms with Crippen LogP contribution >= 0.6 is 0 Å². The van der Waals surface area contributed by atoms with Gasteiger partial charge in [-0.3, -0.25) is 15.0 Å². The number of halogens is 6. The molecule has 8 N–H and O–H groups in total. The molecular weight excluding hydrogens is 646 g/mol. The van der Waals surface area contributed by atoms with Crippen molar-refractivity contribution < 1.29 is 55.7 Å². The number of aryl methyl sites for hydroxylation is 1. The van der Waals surface area contributed by atoms with Gasteiger partial charge in [0.1, 0.15) is 5.82 Å². The minimum Gasteiger partial charge on any atom is -0.475 e. The van der Waals surface area contributed by atoms with Crippen molar-refractivity contribution in [1.82, 2.24) is 25.5 Å². The zero-order valence-electron chi connectivity index (χ0n) is 25.1. The highest BCUT2D eigenvalue weighted by Crippen LogP contribution is 2.27. The van der Waals surface area contributed by atoms with E-state index in [4.69, 9.17) is 30.9 Å². The van der Waals surface area contributed by atoms with Crippen LogP contribution in [0.15, 0.2) is 18.2 Å². The van der Waals surface area contributed by atoms with Crippen molar-refractivity contribution in [3.05, 3.63) is 29.6 Å². The van der Waals surface area contributed by atoms with E-state index in [1.165, 1.54) is 6.92 Å². The number of carbonyl (C=O) groups excluding carboxylic acids is 2. The Bertz CT molecular complexity index is 1450. The van der Waals surface area contributed by atoms with Crippen molar-refractivity contribution in [3.63, 3.8) is 0 Å². The summed E-state index contributed by atoms with van der Waals surface area (Å²) in [4.78, 5) is 53.3. The Kier molecular flexibility index (Phi) is 13.1. The van der Waals surface area contributed by atoms with Crippen LogP contribution in [-0.2, 0) is 14.4 Å². The number of fused-ring (bicyclic) bond motifs is 1. The second kappa shape index (κ2) is 16.1. The molecule has 4 rings (SSSR count). The number of nitrogens with two attached hydrogens (primary N) is 1. The predicted molar refractivity (Wildman–Crippen MR) is 154 cm³/mol. The number of rotatable bonds is 5. The molecule has 260 valence electrons. The van der Waals surface area contributed by atoms with Crippen LogP contribution in [-0.4, -0.2) is 98.4 Å². The highest BCUT2D eigenvalue weighted by atomic mass is 19.4. The number of carbonyl (C=O) groups is 4.